The van der Waals surface area contributed by atoms with Gasteiger partial charge in [0.1, 0.15) is 5.76 Å². The third-order valence-corrected chi connectivity index (χ3v) is 5.05. The van der Waals surface area contributed by atoms with E-state index in [1.165, 1.54) is 0 Å². The number of nitrogens with one attached hydrogen (secondary N) is 1. The summed E-state index contributed by atoms with van der Waals surface area (Å²) < 4.78 is 6.00. The van der Waals surface area contributed by atoms with Crippen LogP contribution in [0.1, 0.15) is 64.7 Å². The first-order chi connectivity index (χ1) is 10.3. The van der Waals surface area contributed by atoms with E-state index in [0.29, 0.717) is 6.42 Å². The first-order valence-electron chi connectivity index (χ1n) is 8.26. The lowest BCUT2D eigenvalue weighted by Gasteiger charge is -2.41. The number of amides is 1. The van der Waals surface area contributed by atoms with Gasteiger partial charge in [-0.3, -0.25) is 9.69 Å². The predicted molar refractivity (Wildman–Crippen MR) is 84.5 cm³/mol. The number of aromatic nitrogens is 1. The topological polar surface area (TPSA) is 58.4 Å². The fourth-order valence-corrected chi connectivity index (χ4v) is 3.60. The number of hydrogen-bond donors (Lipinski definition) is 1. The summed E-state index contributed by atoms with van der Waals surface area (Å²) in [6.45, 7) is 11.4. The summed E-state index contributed by atoms with van der Waals surface area (Å²) in [4.78, 5) is 18.5. The molecular formula is C17H27N3O2. The third-order valence-electron chi connectivity index (χ3n) is 5.05. The molecule has 0 bridgehead atoms. The molecule has 1 amide bonds. The first-order valence-corrected chi connectivity index (χ1v) is 8.26. The van der Waals surface area contributed by atoms with E-state index in [-0.39, 0.29) is 22.8 Å². The Morgan fingerprint density at radius 2 is 2.23 bits per heavy atom. The van der Waals surface area contributed by atoms with Gasteiger partial charge in [-0.25, -0.2) is 4.98 Å². The van der Waals surface area contributed by atoms with Crippen molar-refractivity contribution in [3.63, 3.8) is 0 Å². The van der Waals surface area contributed by atoms with E-state index in [0.717, 1.165) is 44.1 Å². The average Bonchev–Trinajstić information content (AvgIpc) is 3.05. The van der Waals surface area contributed by atoms with Gasteiger partial charge in [-0.1, -0.05) is 20.8 Å². The van der Waals surface area contributed by atoms with E-state index in [1.807, 2.05) is 6.20 Å². The van der Waals surface area contributed by atoms with Crippen LogP contribution in [0, 0.1) is 5.41 Å². The Kier molecular flexibility index (Phi) is 3.79. The molecule has 0 aliphatic carbocycles. The number of likely N-dealkylation sites (tertiary alicyclic amines) is 1. The minimum atomic E-state index is -0.0180. The average molecular weight is 305 g/mol. The SMILES string of the molecule is C[C@H](c1ncc(C(C)(C)C)o1)N1CCC[C@]2(CNC(=O)C2)C1. The highest BCUT2D eigenvalue weighted by Gasteiger charge is 2.43. The number of rotatable bonds is 2. The molecule has 1 aromatic rings. The molecule has 2 aliphatic heterocycles. The van der Waals surface area contributed by atoms with Gasteiger partial charge in [0.05, 0.1) is 12.2 Å². The number of oxazole rings is 1. The number of nitrogens with zero attached hydrogens (tertiary/aromatic N) is 2. The molecule has 5 heteroatoms. The standard InChI is InChI=1S/C17H27N3O2/c1-12(15-18-9-13(22-15)16(2,3)4)20-7-5-6-17(11-20)8-14(21)19-10-17/h9,12H,5-8,10-11H2,1-4H3,(H,19,21)/t12-,17+/m1/s1. The van der Waals surface area contributed by atoms with Crippen LogP contribution in [0.2, 0.25) is 0 Å². The first kappa shape index (κ1) is 15.5. The molecule has 2 aliphatic rings. The third kappa shape index (κ3) is 2.91. The minimum absolute atomic E-state index is 0.0180. The van der Waals surface area contributed by atoms with E-state index >= 15 is 0 Å². The van der Waals surface area contributed by atoms with Gasteiger partial charge in [0.2, 0.25) is 11.8 Å². The Labute approximate surface area is 132 Å². The Hall–Kier alpha value is -1.36. The minimum Gasteiger partial charge on any atom is -0.443 e. The van der Waals surface area contributed by atoms with Crippen LogP contribution in [0.3, 0.4) is 0 Å². The Bertz CT molecular complexity index is 560. The lowest BCUT2D eigenvalue weighted by molar-refractivity contribution is -0.120. The summed E-state index contributed by atoms with van der Waals surface area (Å²) in [6, 6.07) is 0.156. The van der Waals surface area contributed by atoms with Crippen LogP contribution in [0.5, 0.6) is 0 Å². The van der Waals surface area contributed by atoms with E-state index in [4.69, 9.17) is 4.42 Å². The number of carbonyl (C=O) groups is 1. The molecule has 3 heterocycles. The molecule has 3 rings (SSSR count). The largest absolute Gasteiger partial charge is 0.443 e. The van der Waals surface area contributed by atoms with Gasteiger partial charge < -0.3 is 9.73 Å². The molecule has 0 aromatic carbocycles. The van der Waals surface area contributed by atoms with Crippen molar-refractivity contribution in [3.8, 4) is 0 Å². The second-order valence-corrected chi connectivity index (χ2v) is 8.02. The molecule has 22 heavy (non-hydrogen) atoms. The van der Waals surface area contributed by atoms with Crippen LogP contribution in [0.15, 0.2) is 10.6 Å². The molecule has 2 fully saturated rings. The highest BCUT2D eigenvalue weighted by molar-refractivity contribution is 5.79. The van der Waals surface area contributed by atoms with Gasteiger partial charge in [-0.15, -0.1) is 0 Å². The fourth-order valence-electron chi connectivity index (χ4n) is 3.60. The molecule has 5 nitrogen and oxygen atoms in total. The molecule has 1 aromatic heterocycles. The van der Waals surface area contributed by atoms with Crippen molar-refractivity contribution in [1.29, 1.82) is 0 Å². The quantitative estimate of drug-likeness (QED) is 0.912. The maximum absolute atomic E-state index is 11.6. The molecule has 0 unspecified atom stereocenters. The molecular weight excluding hydrogens is 278 g/mol. The molecule has 2 saturated heterocycles. The second-order valence-electron chi connectivity index (χ2n) is 8.02. The van der Waals surface area contributed by atoms with Crippen molar-refractivity contribution >= 4 is 5.91 Å². The van der Waals surface area contributed by atoms with E-state index in [9.17, 15) is 4.79 Å². The van der Waals surface area contributed by atoms with Crippen LogP contribution in [-0.4, -0.2) is 35.4 Å². The number of piperidine rings is 1. The van der Waals surface area contributed by atoms with Crippen molar-refractivity contribution in [2.75, 3.05) is 19.6 Å². The summed E-state index contributed by atoms with van der Waals surface area (Å²) >= 11 is 0. The van der Waals surface area contributed by atoms with E-state index in [2.05, 4.69) is 42.9 Å². The van der Waals surface area contributed by atoms with Gasteiger partial charge in [0, 0.05) is 30.3 Å². The molecule has 1 N–H and O–H groups in total. The van der Waals surface area contributed by atoms with Crippen molar-refractivity contribution in [1.82, 2.24) is 15.2 Å². The monoisotopic (exact) mass is 305 g/mol. The van der Waals surface area contributed by atoms with Crippen molar-refractivity contribution in [3.05, 3.63) is 17.8 Å². The van der Waals surface area contributed by atoms with Gasteiger partial charge in [-0.2, -0.15) is 0 Å². The zero-order valence-corrected chi connectivity index (χ0v) is 14.1. The van der Waals surface area contributed by atoms with Crippen molar-refractivity contribution < 1.29 is 9.21 Å². The lowest BCUT2D eigenvalue weighted by atomic mass is 9.78. The fraction of sp³-hybridized carbons (Fsp3) is 0.765. The summed E-state index contributed by atoms with van der Waals surface area (Å²) in [5, 5.41) is 3.00. The Balaban J connectivity index is 1.73. The number of carbonyl (C=O) groups excluding carboxylic acids is 1. The van der Waals surface area contributed by atoms with Gasteiger partial charge in [0.25, 0.3) is 0 Å². The predicted octanol–water partition coefficient (Wildman–Crippen LogP) is 2.64. The van der Waals surface area contributed by atoms with Gasteiger partial charge >= 0.3 is 0 Å². The zero-order chi connectivity index (χ0) is 16.0. The molecule has 1 spiro atoms. The molecule has 0 saturated carbocycles. The van der Waals surface area contributed by atoms with Crippen LogP contribution in [0.4, 0.5) is 0 Å². The maximum atomic E-state index is 11.6. The zero-order valence-electron chi connectivity index (χ0n) is 14.1. The highest BCUT2D eigenvalue weighted by atomic mass is 16.4. The highest BCUT2D eigenvalue weighted by Crippen LogP contribution is 2.39. The van der Waals surface area contributed by atoms with Gasteiger partial charge in [0.15, 0.2) is 0 Å². The maximum Gasteiger partial charge on any atom is 0.220 e. The van der Waals surface area contributed by atoms with E-state index in [1.54, 1.807) is 0 Å². The normalized spacial score (nSPS) is 28.1. The summed E-state index contributed by atoms with van der Waals surface area (Å²) in [5.41, 5.74) is 0.0962. The summed E-state index contributed by atoms with van der Waals surface area (Å²) in [7, 11) is 0. The molecule has 122 valence electrons. The second kappa shape index (κ2) is 5.37. The summed E-state index contributed by atoms with van der Waals surface area (Å²) in [6.07, 6.45) is 4.78. The van der Waals surface area contributed by atoms with Crippen LogP contribution in [0.25, 0.3) is 0 Å². The van der Waals surface area contributed by atoms with Gasteiger partial charge in [-0.05, 0) is 26.3 Å². The smallest absolute Gasteiger partial charge is 0.220 e. The van der Waals surface area contributed by atoms with Crippen molar-refractivity contribution in [2.24, 2.45) is 5.41 Å². The molecule has 2 atom stereocenters. The van der Waals surface area contributed by atoms with Crippen LogP contribution in [-0.2, 0) is 10.2 Å². The van der Waals surface area contributed by atoms with E-state index < -0.39 is 0 Å². The van der Waals surface area contributed by atoms with Crippen LogP contribution >= 0.6 is 0 Å². The summed E-state index contributed by atoms with van der Waals surface area (Å²) in [5.74, 6) is 1.92. The lowest BCUT2D eigenvalue weighted by Crippen LogP contribution is -2.45. The Morgan fingerprint density at radius 3 is 2.82 bits per heavy atom. The van der Waals surface area contributed by atoms with Crippen molar-refractivity contribution in [2.45, 2.75) is 58.4 Å². The molecule has 0 radical (unpaired) electrons. The number of hydrogen-bond acceptors (Lipinski definition) is 4. The van der Waals surface area contributed by atoms with Crippen LogP contribution < -0.4 is 5.32 Å². The Morgan fingerprint density at radius 1 is 1.45 bits per heavy atom.